The lowest BCUT2D eigenvalue weighted by atomic mass is 10.3. The van der Waals surface area contributed by atoms with E-state index in [1.807, 2.05) is 0 Å². The highest BCUT2D eigenvalue weighted by Gasteiger charge is 1.98. The number of methoxy groups -OCH3 is 1. The summed E-state index contributed by atoms with van der Waals surface area (Å²) in [7, 11) is 1.65. The molecule has 17 heavy (non-hydrogen) atoms. The number of amides is 1. The second-order valence-corrected chi connectivity index (χ2v) is 3.84. The summed E-state index contributed by atoms with van der Waals surface area (Å²) in [5.74, 6) is 0.0683. The highest BCUT2D eigenvalue weighted by molar-refractivity contribution is 5.77. The average molecular weight is 246 g/mol. The molecule has 0 rings (SSSR count). The number of rotatable bonds is 12. The lowest BCUT2D eigenvalue weighted by Gasteiger charge is -2.06. The number of ether oxygens (including phenoxy) is 2. The van der Waals surface area contributed by atoms with Crippen LogP contribution < -0.4 is 10.6 Å². The van der Waals surface area contributed by atoms with E-state index in [0.29, 0.717) is 26.4 Å². The molecule has 5 heteroatoms. The molecule has 0 unspecified atom stereocenters. The lowest BCUT2D eigenvalue weighted by Crippen LogP contribution is -2.34. The van der Waals surface area contributed by atoms with E-state index >= 15 is 0 Å². The Hall–Kier alpha value is -0.650. The third-order valence-corrected chi connectivity index (χ3v) is 2.21. The highest BCUT2D eigenvalue weighted by atomic mass is 16.5. The predicted molar refractivity (Wildman–Crippen MR) is 68.1 cm³/mol. The van der Waals surface area contributed by atoms with Gasteiger partial charge in [0.15, 0.2) is 0 Å². The molecule has 1 amide bonds. The summed E-state index contributed by atoms with van der Waals surface area (Å²) in [4.78, 5) is 11.3. The van der Waals surface area contributed by atoms with Crippen molar-refractivity contribution >= 4 is 5.91 Å². The first-order chi connectivity index (χ1) is 8.31. The SMILES string of the molecule is CCCCNC(=O)CNCCCOCCOC. The van der Waals surface area contributed by atoms with Gasteiger partial charge in [0.2, 0.25) is 5.91 Å². The van der Waals surface area contributed by atoms with Gasteiger partial charge in [-0.1, -0.05) is 13.3 Å². The third kappa shape index (κ3) is 13.3. The standard InChI is InChI=1S/C12H26N2O3/c1-3-4-7-14-12(15)11-13-6-5-8-17-10-9-16-2/h13H,3-11H2,1-2H3,(H,14,15). The quantitative estimate of drug-likeness (QED) is 0.494. The van der Waals surface area contributed by atoms with Gasteiger partial charge in [0.05, 0.1) is 19.8 Å². The predicted octanol–water partition coefficient (Wildman–Crippen LogP) is 0.545. The number of nitrogens with one attached hydrogen (secondary N) is 2. The maximum atomic E-state index is 11.3. The van der Waals surface area contributed by atoms with Crippen LogP contribution in [0.15, 0.2) is 0 Å². The maximum Gasteiger partial charge on any atom is 0.233 e. The molecular weight excluding hydrogens is 220 g/mol. The van der Waals surface area contributed by atoms with Gasteiger partial charge in [0.25, 0.3) is 0 Å². The largest absolute Gasteiger partial charge is 0.382 e. The summed E-state index contributed by atoms with van der Waals surface area (Å²) < 4.78 is 10.1. The van der Waals surface area contributed by atoms with E-state index in [-0.39, 0.29) is 5.91 Å². The molecule has 0 saturated heterocycles. The minimum atomic E-state index is 0.0683. The fraction of sp³-hybridized carbons (Fsp3) is 0.917. The summed E-state index contributed by atoms with van der Waals surface area (Å²) in [6.07, 6.45) is 3.05. The van der Waals surface area contributed by atoms with Crippen LogP contribution in [-0.4, -0.2) is 52.5 Å². The molecule has 0 spiro atoms. The number of hydrogen-bond acceptors (Lipinski definition) is 4. The van der Waals surface area contributed by atoms with Crippen molar-refractivity contribution in [2.45, 2.75) is 26.2 Å². The van der Waals surface area contributed by atoms with Crippen LogP contribution in [0.5, 0.6) is 0 Å². The monoisotopic (exact) mass is 246 g/mol. The molecule has 0 aromatic heterocycles. The van der Waals surface area contributed by atoms with Gasteiger partial charge in [-0.2, -0.15) is 0 Å². The topological polar surface area (TPSA) is 59.6 Å². The van der Waals surface area contributed by atoms with Gasteiger partial charge in [-0.3, -0.25) is 4.79 Å². The molecule has 0 aliphatic carbocycles. The Morgan fingerprint density at radius 1 is 1.12 bits per heavy atom. The normalized spacial score (nSPS) is 10.5. The fourth-order valence-electron chi connectivity index (χ4n) is 1.21. The van der Waals surface area contributed by atoms with Gasteiger partial charge in [-0.05, 0) is 19.4 Å². The van der Waals surface area contributed by atoms with Gasteiger partial charge in [0.1, 0.15) is 0 Å². The van der Waals surface area contributed by atoms with Crippen molar-refractivity contribution in [1.29, 1.82) is 0 Å². The van der Waals surface area contributed by atoms with Crippen LogP contribution >= 0.6 is 0 Å². The highest BCUT2D eigenvalue weighted by Crippen LogP contribution is 1.83. The van der Waals surface area contributed by atoms with Gasteiger partial charge in [0, 0.05) is 20.3 Å². The van der Waals surface area contributed by atoms with E-state index in [2.05, 4.69) is 17.6 Å². The molecule has 2 N–H and O–H groups in total. The molecule has 0 radical (unpaired) electrons. The number of unbranched alkanes of at least 4 members (excludes halogenated alkanes) is 1. The first kappa shape index (κ1) is 16.4. The summed E-state index contributed by atoms with van der Waals surface area (Å²) >= 11 is 0. The van der Waals surface area contributed by atoms with E-state index in [0.717, 1.165) is 32.4 Å². The van der Waals surface area contributed by atoms with E-state index in [1.54, 1.807) is 7.11 Å². The van der Waals surface area contributed by atoms with E-state index < -0.39 is 0 Å². The zero-order chi connectivity index (χ0) is 12.8. The van der Waals surface area contributed by atoms with Gasteiger partial charge < -0.3 is 20.1 Å². The van der Waals surface area contributed by atoms with Crippen molar-refractivity contribution < 1.29 is 14.3 Å². The Labute approximate surface area is 104 Å². The van der Waals surface area contributed by atoms with Crippen LogP contribution in [0.2, 0.25) is 0 Å². The number of carbonyl (C=O) groups excluding carboxylic acids is 1. The van der Waals surface area contributed by atoms with Crippen molar-refractivity contribution in [2.24, 2.45) is 0 Å². The van der Waals surface area contributed by atoms with E-state index in [9.17, 15) is 4.79 Å². The smallest absolute Gasteiger partial charge is 0.233 e. The minimum absolute atomic E-state index is 0.0683. The minimum Gasteiger partial charge on any atom is -0.382 e. The Morgan fingerprint density at radius 2 is 1.94 bits per heavy atom. The van der Waals surface area contributed by atoms with Crippen LogP contribution in [0.25, 0.3) is 0 Å². The van der Waals surface area contributed by atoms with Crippen LogP contribution in [-0.2, 0) is 14.3 Å². The van der Waals surface area contributed by atoms with Crippen LogP contribution in [0.3, 0.4) is 0 Å². The van der Waals surface area contributed by atoms with Crippen molar-refractivity contribution in [3.05, 3.63) is 0 Å². The first-order valence-electron chi connectivity index (χ1n) is 6.35. The molecule has 0 aromatic rings. The van der Waals surface area contributed by atoms with E-state index in [1.165, 1.54) is 0 Å². The number of carbonyl (C=O) groups is 1. The van der Waals surface area contributed by atoms with Crippen molar-refractivity contribution in [2.75, 3.05) is 46.6 Å². The van der Waals surface area contributed by atoms with E-state index in [4.69, 9.17) is 9.47 Å². The molecule has 102 valence electrons. The van der Waals surface area contributed by atoms with Crippen molar-refractivity contribution in [3.8, 4) is 0 Å². The third-order valence-electron chi connectivity index (χ3n) is 2.21. The molecule has 0 heterocycles. The molecule has 5 nitrogen and oxygen atoms in total. The average Bonchev–Trinajstić information content (AvgIpc) is 2.33. The summed E-state index contributed by atoms with van der Waals surface area (Å²) in [5.41, 5.74) is 0. The molecule has 0 aromatic carbocycles. The molecular formula is C12H26N2O3. The second kappa shape index (κ2) is 13.4. The summed E-state index contributed by atoms with van der Waals surface area (Å²) in [6.45, 7) is 6.04. The maximum absolute atomic E-state index is 11.3. The molecule has 0 aliphatic heterocycles. The van der Waals surface area contributed by atoms with Crippen molar-refractivity contribution in [1.82, 2.24) is 10.6 Å². The zero-order valence-electron chi connectivity index (χ0n) is 11.1. The Bertz CT molecular complexity index is 177. The van der Waals surface area contributed by atoms with Gasteiger partial charge >= 0.3 is 0 Å². The zero-order valence-corrected chi connectivity index (χ0v) is 11.1. The molecule has 0 saturated carbocycles. The Kier molecular flexibility index (Phi) is 12.9. The lowest BCUT2D eigenvalue weighted by molar-refractivity contribution is -0.120. The van der Waals surface area contributed by atoms with Gasteiger partial charge in [-0.25, -0.2) is 0 Å². The first-order valence-corrected chi connectivity index (χ1v) is 6.35. The fourth-order valence-corrected chi connectivity index (χ4v) is 1.21. The van der Waals surface area contributed by atoms with Crippen LogP contribution in [0.4, 0.5) is 0 Å². The number of hydrogen-bond donors (Lipinski definition) is 2. The second-order valence-electron chi connectivity index (χ2n) is 3.84. The van der Waals surface area contributed by atoms with Crippen molar-refractivity contribution in [3.63, 3.8) is 0 Å². The molecule has 0 fully saturated rings. The molecule has 0 aliphatic rings. The van der Waals surface area contributed by atoms with Crippen LogP contribution in [0.1, 0.15) is 26.2 Å². The summed E-state index contributed by atoms with van der Waals surface area (Å²) in [5, 5.41) is 5.93. The van der Waals surface area contributed by atoms with Gasteiger partial charge in [-0.15, -0.1) is 0 Å². The Balaban J connectivity index is 3.08. The molecule has 0 bridgehead atoms. The molecule has 0 atom stereocenters. The Morgan fingerprint density at radius 3 is 2.65 bits per heavy atom. The van der Waals surface area contributed by atoms with Crippen LogP contribution in [0, 0.1) is 0 Å². The summed E-state index contributed by atoms with van der Waals surface area (Å²) in [6, 6.07) is 0.